The first kappa shape index (κ1) is 17.9. The number of nitrogens with one attached hydrogen (secondary N) is 1. The molecule has 5 nitrogen and oxygen atoms in total. The number of carbonyl (C=O) groups is 1. The predicted octanol–water partition coefficient (Wildman–Crippen LogP) is 4.07. The van der Waals surface area contributed by atoms with Gasteiger partial charge in [-0.05, 0) is 35.2 Å². The lowest BCUT2D eigenvalue weighted by atomic mass is 10.1. The molecule has 2 aromatic carbocycles. The first-order valence-corrected chi connectivity index (χ1v) is 8.69. The number of hydrogen-bond donors (Lipinski definition) is 2. The summed E-state index contributed by atoms with van der Waals surface area (Å²) in [6, 6.07) is 15.5. The van der Waals surface area contributed by atoms with E-state index in [1.165, 1.54) is 5.56 Å². The van der Waals surface area contributed by atoms with E-state index in [1.54, 1.807) is 12.3 Å². The average Bonchev–Trinajstić information content (AvgIpc) is 3.03. The van der Waals surface area contributed by atoms with Crippen LogP contribution in [0.3, 0.4) is 0 Å². The summed E-state index contributed by atoms with van der Waals surface area (Å²) < 4.78 is 0. The zero-order chi connectivity index (χ0) is 18.5. The number of hydrogen-bond acceptors (Lipinski definition) is 3. The van der Waals surface area contributed by atoms with E-state index in [0.717, 1.165) is 17.5 Å². The van der Waals surface area contributed by atoms with Crippen molar-refractivity contribution < 1.29 is 4.79 Å². The van der Waals surface area contributed by atoms with Crippen molar-refractivity contribution in [3.05, 3.63) is 81.5 Å². The molecule has 26 heavy (non-hydrogen) atoms. The Hall–Kier alpha value is -2.92. The van der Waals surface area contributed by atoms with Gasteiger partial charge in [0.1, 0.15) is 5.56 Å². The van der Waals surface area contributed by atoms with Gasteiger partial charge in [-0.3, -0.25) is 9.89 Å². The molecule has 0 radical (unpaired) electrons. The number of carbonyl (C=O) groups excluding carboxylic acids is 1. The van der Waals surface area contributed by atoms with Gasteiger partial charge in [-0.2, -0.15) is 5.10 Å². The molecule has 3 N–H and O–H groups in total. The number of aromatic amines is 1. The molecule has 3 aromatic rings. The molecule has 0 aliphatic rings. The summed E-state index contributed by atoms with van der Waals surface area (Å²) >= 11 is 6.02. The molecule has 0 spiro atoms. The molecule has 1 aromatic heterocycles. The smallest absolute Gasteiger partial charge is 0.254 e. The van der Waals surface area contributed by atoms with E-state index in [1.807, 2.05) is 36.4 Å². The fraction of sp³-hybridized carbons (Fsp3) is 0.150. The van der Waals surface area contributed by atoms with Crippen LogP contribution in [0.1, 0.15) is 39.7 Å². The van der Waals surface area contributed by atoms with Crippen LogP contribution >= 0.6 is 11.6 Å². The molecule has 0 saturated heterocycles. The van der Waals surface area contributed by atoms with E-state index < -0.39 is 5.91 Å². The average molecular weight is 367 g/mol. The summed E-state index contributed by atoms with van der Waals surface area (Å²) in [5, 5.41) is 7.67. The summed E-state index contributed by atoms with van der Waals surface area (Å²) in [6.45, 7) is 2.09. The number of H-pyrrole nitrogens is 1. The lowest BCUT2D eigenvalue weighted by molar-refractivity contribution is 0.100. The van der Waals surface area contributed by atoms with Gasteiger partial charge in [0, 0.05) is 17.7 Å². The fourth-order valence-electron chi connectivity index (χ4n) is 2.73. The molecule has 0 bridgehead atoms. The van der Waals surface area contributed by atoms with Crippen LogP contribution in [0.5, 0.6) is 0 Å². The lowest BCUT2D eigenvalue weighted by Crippen LogP contribution is -2.13. The van der Waals surface area contributed by atoms with E-state index >= 15 is 0 Å². The lowest BCUT2D eigenvalue weighted by Gasteiger charge is -2.02. The molecule has 0 aliphatic heterocycles. The first-order chi connectivity index (χ1) is 12.6. The van der Waals surface area contributed by atoms with Gasteiger partial charge < -0.3 is 5.73 Å². The van der Waals surface area contributed by atoms with Crippen LogP contribution in [0.4, 0.5) is 5.82 Å². The molecule has 3 rings (SSSR count). The Morgan fingerprint density at radius 1 is 1.23 bits per heavy atom. The number of aryl methyl sites for hydroxylation is 1. The minimum Gasteiger partial charge on any atom is -0.365 e. The van der Waals surface area contributed by atoms with Crippen molar-refractivity contribution in [2.24, 2.45) is 10.7 Å². The highest BCUT2D eigenvalue weighted by atomic mass is 35.5. The number of rotatable bonds is 6. The van der Waals surface area contributed by atoms with Crippen LogP contribution < -0.4 is 5.73 Å². The summed E-state index contributed by atoms with van der Waals surface area (Å²) in [6.07, 6.45) is 3.10. The Labute approximate surface area is 156 Å². The van der Waals surface area contributed by atoms with Crippen LogP contribution in [0.25, 0.3) is 0 Å². The van der Waals surface area contributed by atoms with Crippen molar-refractivity contribution in [2.75, 3.05) is 0 Å². The molecule has 132 valence electrons. The fourth-order valence-corrected chi connectivity index (χ4v) is 2.94. The zero-order valence-electron chi connectivity index (χ0n) is 14.4. The number of nitrogens with two attached hydrogens (primary N) is 1. The number of aromatic nitrogens is 2. The number of amides is 1. The van der Waals surface area contributed by atoms with Crippen molar-refractivity contribution in [3.63, 3.8) is 0 Å². The van der Waals surface area contributed by atoms with Crippen molar-refractivity contribution in [3.8, 4) is 0 Å². The molecule has 0 fully saturated rings. The molecular weight excluding hydrogens is 348 g/mol. The number of primary amides is 1. The van der Waals surface area contributed by atoms with Crippen LogP contribution in [0, 0.1) is 0 Å². The van der Waals surface area contributed by atoms with Gasteiger partial charge >= 0.3 is 0 Å². The van der Waals surface area contributed by atoms with E-state index in [4.69, 9.17) is 17.3 Å². The van der Waals surface area contributed by atoms with Gasteiger partial charge in [0.05, 0.1) is 5.69 Å². The SMILES string of the molecule is CCc1cccc(C=Nc2n[nH]c(Cc3cccc(Cl)c3)c2C(N)=O)c1. The van der Waals surface area contributed by atoms with Gasteiger partial charge in [0.25, 0.3) is 5.91 Å². The van der Waals surface area contributed by atoms with Crippen molar-refractivity contribution in [2.45, 2.75) is 19.8 Å². The van der Waals surface area contributed by atoms with Crippen molar-refractivity contribution in [1.29, 1.82) is 0 Å². The van der Waals surface area contributed by atoms with Crippen LogP contribution in [0.2, 0.25) is 5.02 Å². The molecule has 0 saturated carbocycles. The Kier molecular flexibility index (Phi) is 5.49. The van der Waals surface area contributed by atoms with Crippen LogP contribution in [-0.2, 0) is 12.8 Å². The molecular formula is C20H19ClN4O. The Balaban J connectivity index is 1.89. The van der Waals surface area contributed by atoms with E-state index in [0.29, 0.717) is 22.7 Å². The Morgan fingerprint density at radius 2 is 2.00 bits per heavy atom. The number of aliphatic imine (C=N–C) groups is 1. The quantitative estimate of drug-likeness (QED) is 0.644. The standard InChI is InChI=1S/C20H19ClN4O/c1-2-13-5-3-7-15(9-13)12-23-20-18(19(22)26)17(24-25-20)11-14-6-4-8-16(21)10-14/h3-10,12H,2,11H2,1H3,(H2,22,26)(H,24,25). The summed E-state index contributed by atoms with van der Waals surface area (Å²) in [7, 11) is 0. The molecule has 1 amide bonds. The van der Waals surface area contributed by atoms with Crippen LogP contribution in [-0.4, -0.2) is 22.3 Å². The van der Waals surface area contributed by atoms with Crippen molar-refractivity contribution in [1.82, 2.24) is 10.2 Å². The topological polar surface area (TPSA) is 84.1 Å². The third kappa shape index (κ3) is 4.18. The maximum absolute atomic E-state index is 11.9. The summed E-state index contributed by atoms with van der Waals surface area (Å²) in [4.78, 5) is 16.3. The molecule has 1 heterocycles. The second-order valence-corrected chi connectivity index (χ2v) is 6.36. The Bertz CT molecular complexity index is 962. The molecule has 0 unspecified atom stereocenters. The maximum atomic E-state index is 11.9. The third-order valence-corrected chi connectivity index (χ3v) is 4.27. The first-order valence-electron chi connectivity index (χ1n) is 8.31. The normalized spacial score (nSPS) is 11.2. The highest BCUT2D eigenvalue weighted by Gasteiger charge is 2.18. The third-order valence-electron chi connectivity index (χ3n) is 4.03. The highest BCUT2D eigenvalue weighted by molar-refractivity contribution is 6.30. The monoisotopic (exact) mass is 366 g/mol. The van der Waals surface area contributed by atoms with Gasteiger partial charge in [-0.25, -0.2) is 4.99 Å². The number of halogens is 1. The zero-order valence-corrected chi connectivity index (χ0v) is 15.1. The second kappa shape index (κ2) is 7.97. The van der Waals surface area contributed by atoms with Crippen molar-refractivity contribution >= 4 is 29.5 Å². The minimum absolute atomic E-state index is 0.288. The second-order valence-electron chi connectivity index (χ2n) is 5.93. The number of benzene rings is 2. The minimum atomic E-state index is -0.565. The van der Waals surface area contributed by atoms with Gasteiger partial charge in [0.2, 0.25) is 0 Å². The van der Waals surface area contributed by atoms with Crippen LogP contribution in [0.15, 0.2) is 53.5 Å². The molecule has 0 aliphatic carbocycles. The van der Waals surface area contributed by atoms with E-state index in [-0.39, 0.29) is 5.82 Å². The molecule has 6 heteroatoms. The highest BCUT2D eigenvalue weighted by Crippen LogP contribution is 2.23. The van der Waals surface area contributed by atoms with Gasteiger partial charge in [0.15, 0.2) is 5.82 Å². The predicted molar refractivity (Wildman–Crippen MR) is 104 cm³/mol. The Morgan fingerprint density at radius 3 is 2.73 bits per heavy atom. The number of nitrogens with zero attached hydrogens (tertiary/aromatic N) is 2. The maximum Gasteiger partial charge on any atom is 0.254 e. The van der Waals surface area contributed by atoms with E-state index in [2.05, 4.69) is 28.2 Å². The largest absolute Gasteiger partial charge is 0.365 e. The van der Waals surface area contributed by atoms with E-state index in [9.17, 15) is 4.79 Å². The molecule has 0 atom stereocenters. The summed E-state index contributed by atoms with van der Waals surface area (Å²) in [5.41, 5.74) is 9.59. The summed E-state index contributed by atoms with van der Waals surface area (Å²) in [5.74, 6) is -0.276. The van der Waals surface area contributed by atoms with Gasteiger partial charge in [-0.1, -0.05) is 54.9 Å². The van der Waals surface area contributed by atoms with Gasteiger partial charge in [-0.15, -0.1) is 0 Å².